The van der Waals surface area contributed by atoms with Gasteiger partial charge in [0.25, 0.3) is 0 Å². The van der Waals surface area contributed by atoms with Gasteiger partial charge in [-0.15, -0.1) is 10.2 Å². The quantitative estimate of drug-likeness (QED) is 0.0288. The molecule has 6 aliphatic carbocycles. The van der Waals surface area contributed by atoms with Crippen LogP contribution < -0.4 is 21.9 Å². The standard InChI is InChI=1S/C35H34F6N4O.C19H24N4O.C18H25N3O.C8H6BrF3.CBrN/c36-34(37,38)26-10-4-6-22(16-26)18-45(19-23-7-5-11-27(17-23)35(39,40)41)33-43-42-32(46-33)31-29-20-44(21-30(29)31)28-14-12-25(13-15-28)24-8-2-1-3-9-24;20-19-22-21-18(24-19)17-15-10-23(11-16(15)17)14-8-6-13(7-9-14)12-4-2-1-3-5-12;19-20-18(22)17-15-10-21(11-16(15)17)14-8-6-13(7-9-14)12-4-2-1-3-5-12;9-5-6-2-1-3-7(4-6)8(10,11)12;2-1-3/h1-11,16-17,25,28-31H,12-15,18-21H2;1-5,13-17H,6-11H2,(H2,20,22);1-5,13-17H,6-11,19H2,(H,20,22);1-4H,5H2;/t25?,28?,29-,30+,31?;2*13?,14?,15-,16+,17?;;. The van der Waals surface area contributed by atoms with Crippen molar-refractivity contribution in [3.8, 4) is 4.98 Å². The number of anilines is 2. The zero-order valence-corrected chi connectivity index (χ0v) is 62.3. The number of nitrogens with zero attached hydrogens (tertiary/aromatic N) is 9. The molecule has 0 radical (unpaired) electrons. The summed E-state index contributed by atoms with van der Waals surface area (Å²) in [6.07, 6.45) is 1.93. The maximum absolute atomic E-state index is 13.4. The van der Waals surface area contributed by atoms with E-state index in [9.17, 15) is 44.3 Å². The summed E-state index contributed by atoms with van der Waals surface area (Å²) in [5, 5.41) is 24.1. The number of nitrogen functional groups attached to an aromatic ring is 1. The van der Waals surface area contributed by atoms with E-state index >= 15 is 0 Å². The number of carbonyl (C=O) groups excluding carboxylic acids is 1. The molecule has 568 valence electrons. The second-order valence-electron chi connectivity index (χ2n) is 30.2. The molecule has 15 nitrogen and oxygen atoms in total. The first-order chi connectivity index (χ1) is 51.5. The predicted molar refractivity (Wildman–Crippen MR) is 396 cm³/mol. The van der Waals surface area contributed by atoms with Crippen LogP contribution in [0, 0.1) is 51.7 Å². The van der Waals surface area contributed by atoms with Gasteiger partial charge in [0.1, 0.15) is 4.98 Å². The third-order valence-electron chi connectivity index (χ3n) is 24.0. The van der Waals surface area contributed by atoms with E-state index in [2.05, 4.69) is 163 Å². The number of halogens is 11. The fourth-order valence-electron chi connectivity index (χ4n) is 18.3. The molecule has 8 aromatic rings. The number of rotatable bonds is 15. The highest BCUT2D eigenvalue weighted by molar-refractivity contribution is 9.12. The lowest BCUT2D eigenvalue weighted by molar-refractivity contribution is -0.138. The Hall–Kier alpha value is -7.67. The second-order valence-corrected chi connectivity index (χ2v) is 31.2. The molecule has 6 saturated carbocycles. The molecule has 26 heteroatoms. The Bertz CT molecular complexity index is 4140. The number of nitrogens with one attached hydrogen (secondary N) is 1. The number of benzene rings is 6. The first-order valence-corrected chi connectivity index (χ1v) is 39.1. The Balaban J connectivity index is 0.000000139. The number of likely N-dealkylation sites (tertiary alicyclic amines) is 3. The van der Waals surface area contributed by atoms with Crippen LogP contribution in [0.2, 0.25) is 0 Å². The average Bonchev–Trinajstić information content (AvgIpc) is 1.59. The number of nitriles is 1. The number of hydrazine groups is 1. The van der Waals surface area contributed by atoms with Gasteiger partial charge < -0.3 is 19.5 Å². The third kappa shape index (κ3) is 19.1. The predicted octanol–water partition coefficient (Wildman–Crippen LogP) is 18.1. The van der Waals surface area contributed by atoms with Gasteiger partial charge in [0, 0.05) is 109 Å². The summed E-state index contributed by atoms with van der Waals surface area (Å²) in [5.74, 6) is 12.8. The van der Waals surface area contributed by atoms with Crippen molar-refractivity contribution < 1.29 is 53.1 Å². The van der Waals surface area contributed by atoms with Crippen LogP contribution in [0.1, 0.15) is 168 Å². The highest BCUT2D eigenvalue weighted by Crippen LogP contribution is 2.60. The molecule has 3 unspecified atom stereocenters. The maximum atomic E-state index is 13.4. The zero-order valence-electron chi connectivity index (χ0n) is 59.2. The van der Waals surface area contributed by atoms with Gasteiger partial charge in [-0.3, -0.25) is 24.9 Å². The highest BCUT2D eigenvalue weighted by Gasteiger charge is 2.62. The van der Waals surface area contributed by atoms with E-state index in [0.29, 0.717) is 81.3 Å². The molecule has 9 aliphatic rings. The Labute approximate surface area is 634 Å². The van der Waals surface area contributed by atoms with Crippen molar-refractivity contribution in [2.45, 2.75) is 162 Å². The van der Waals surface area contributed by atoms with E-state index in [1.165, 1.54) is 130 Å². The van der Waals surface area contributed by atoms with Crippen LogP contribution in [0.15, 0.2) is 173 Å². The third-order valence-corrected chi connectivity index (χ3v) is 24.6. The molecule has 0 bridgehead atoms. The number of piperidine rings is 3. The number of alkyl halides is 10. The van der Waals surface area contributed by atoms with Crippen LogP contribution in [-0.4, -0.2) is 98.4 Å². The number of amides is 1. The van der Waals surface area contributed by atoms with Crippen molar-refractivity contribution in [1.29, 1.82) is 5.26 Å². The Morgan fingerprint density at radius 2 is 0.804 bits per heavy atom. The van der Waals surface area contributed by atoms with Crippen molar-refractivity contribution in [3.63, 3.8) is 0 Å². The second kappa shape index (κ2) is 34.1. The maximum Gasteiger partial charge on any atom is 0.416 e. The smallest absolute Gasteiger partial charge is 0.408 e. The number of carbonyl (C=O) groups is 1. The minimum absolute atomic E-state index is 0.0439. The largest absolute Gasteiger partial charge is 0.416 e. The Kier molecular flexibility index (Phi) is 24.7. The molecular weight excluding hydrogens is 1520 g/mol. The number of aromatic nitrogens is 4. The molecule has 3 aliphatic heterocycles. The summed E-state index contributed by atoms with van der Waals surface area (Å²) >= 11 is 5.54. The molecule has 9 fully saturated rings. The summed E-state index contributed by atoms with van der Waals surface area (Å²) in [5.41, 5.74) is 11.4. The molecule has 9 atom stereocenters. The van der Waals surface area contributed by atoms with Gasteiger partial charge in [-0.2, -0.15) is 44.8 Å². The molecule has 2 aromatic heterocycles. The average molecular weight is 1610 g/mol. The Morgan fingerprint density at radius 3 is 1.13 bits per heavy atom. The molecule has 1 amide bonds. The number of hydrogen-bond acceptors (Lipinski definition) is 14. The van der Waals surface area contributed by atoms with Crippen LogP contribution >= 0.6 is 31.9 Å². The van der Waals surface area contributed by atoms with E-state index in [0.717, 1.165) is 92.4 Å². The van der Waals surface area contributed by atoms with Crippen LogP contribution in [0.25, 0.3) is 0 Å². The number of hydrogen-bond donors (Lipinski definition) is 3. The summed E-state index contributed by atoms with van der Waals surface area (Å²) < 4.78 is 128. The molecule has 5 N–H and O–H groups in total. The first-order valence-electron chi connectivity index (χ1n) is 37.1. The first kappa shape index (κ1) is 77.5. The van der Waals surface area contributed by atoms with Crippen LogP contribution in [-0.2, 0) is 41.7 Å². The van der Waals surface area contributed by atoms with Gasteiger partial charge >= 0.3 is 30.6 Å². The SMILES string of the molecule is FC(F)(F)c1cccc(CBr)c1.FC(F)(F)c1cccc(CN(Cc2cccc(C(F)(F)F)c2)c2nnc(C3[C@H]4CN(C5CCC(c6ccccc6)CC5)C[C@@H]34)o2)c1.N#CBr.NNC(=O)C1[C@H]2CN(C3CCC(c4ccccc4)CC3)C[C@@H]12.Nc1nnc(C2[C@H]3CN(C4CCC(c5ccccc5)CC4)C[C@@H]23)o1. The minimum Gasteiger partial charge on any atom is -0.408 e. The topological polar surface area (TPSA) is 196 Å². The van der Waals surface area contributed by atoms with Crippen molar-refractivity contribution in [2.24, 2.45) is 47.3 Å². The zero-order chi connectivity index (χ0) is 75.2. The summed E-state index contributed by atoms with van der Waals surface area (Å²) in [6, 6.07) is 50.0. The lowest BCUT2D eigenvalue weighted by atomic mass is 9.81. The van der Waals surface area contributed by atoms with Crippen molar-refractivity contribution in [2.75, 3.05) is 49.9 Å². The van der Waals surface area contributed by atoms with Gasteiger partial charge in [-0.05, 0) is 194 Å². The van der Waals surface area contributed by atoms with Crippen molar-refractivity contribution in [1.82, 2.24) is 40.5 Å². The minimum atomic E-state index is -4.53. The van der Waals surface area contributed by atoms with E-state index < -0.39 is 35.2 Å². The summed E-state index contributed by atoms with van der Waals surface area (Å²) in [6.45, 7) is 6.40. The lowest BCUT2D eigenvalue weighted by Crippen LogP contribution is -2.40. The highest BCUT2D eigenvalue weighted by atomic mass is 79.9. The Morgan fingerprint density at radius 1 is 0.477 bits per heavy atom. The number of fused-ring (bicyclic) bond motifs is 3. The summed E-state index contributed by atoms with van der Waals surface area (Å²) in [4.78, 5) is 22.7. The van der Waals surface area contributed by atoms with E-state index in [1.807, 2.05) is 0 Å². The normalized spacial score (nSPS) is 27.9. The fourth-order valence-corrected chi connectivity index (χ4v) is 18.7. The van der Waals surface area contributed by atoms with Gasteiger partial charge in [-0.25, -0.2) is 5.84 Å². The molecule has 17 rings (SSSR count). The van der Waals surface area contributed by atoms with Gasteiger partial charge in [0.15, 0.2) is 0 Å². The molecule has 107 heavy (non-hydrogen) atoms. The molecule has 5 heterocycles. The van der Waals surface area contributed by atoms with Crippen LogP contribution in [0.4, 0.5) is 51.5 Å². The monoisotopic (exact) mass is 1610 g/mol. The molecule has 6 aromatic carbocycles. The van der Waals surface area contributed by atoms with Crippen molar-refractivity contribution >= 4 is 49.8 Å². The van der Waals surface area contributed by atoms with Crippen molar-refractivity contribution in [3.05, 3.63) is 226 Å². The van der Waals surface area contributed by atoms with E-state index in [4.69, 9.17) is 25.7 Å². The van der Waals surface area contributed by atoms with Gasteiger partial charge in [0.05, 0.1) is 16.7 Å². The van der Waals surface area contributed by atoms with Crippen LogP contribution in [0.5, 0.6) is 0 Å². The lowest BCUT2D eigenvalue weighted by Gasteiger charge is -2.36. The van der Waals surface area contributed by atoms with Gasteiger partial charge in [0.2, 0.25) is 17.7 Å². The number of nitrogens with two attached hydrogens (primary N) is 2. The molecule has 0 spiro atoms. The van der Waals surface area contributed by atoms with E-state index in [1.54, 1.807) is 23.2 Å². The van der Waals surface area contributed by atoms with Crippen LogP contribution in [0.3, 0.4) is 0 Å². The fraction of sp³-hybridized carbons (Fsp3) is 0.481. The summed E-state index contributed by atoms with van der Waals surface area (Å²) in [7, 11) is 0. The van der Waals surface area contributed by atoms with E-state index in [-0.39, 0.29) is 42.9 Å². The van der Waals surface area contributed by atoms with Gasteiger partial charge in [-0.1, -0.05) is 160 Å². The molecule has 3 saturated heterocycles. The molecular formula is C81H89Br2F9N12O3.